The molecule has 17 heavy (non-hydrogen) atoms. The zero-order valence-corrected chi connectivity index (χ0v) is 9.30. The van der Waals surface area contributed by atoms with E-state index in [1.807, 2.05) is 12.2 Å². The number of hydrogen-bond donors (Lipinski definition) is 2. The van der Waals surface area contributed by atoms with Gasteiger partial charge in [-0.2, -0.15) is 5.10 Å². The Kier molecular flexibility index (Phi) is 3.04. The van der Waals surface area contributed by atoms with E-state index in [2.05, 4.69) is 15.4 Å². The molecule has 0 radical (unpaired) electrons. The molecule has 0 aliphatic rings. The van der Waals surface area contributed by atoms with Gasteiger partial charge in [0.25, 0.3) is 5.56 Å². The molecule has 2 N–H and O–H groups in total. The van der Waals surface area contributed by atoms with Gasteiger partial charge in [0, 0.05) is 19.7 Å². The average Bonchev–Trinajstić information content (AvgIpc) is 2.69. The second kappa shape index (κ2) is 4.65. The van der Waals surface area contributed by atoms with Crippen molar-refractivity contribution in [3.63, 3.8) is 0 Å². The van der Waals surface area contributed by atoms with Crippen molar-refractivity contribution in [1.82, 2.24) is 19.9 Å². The fourth-order valence-electron chi connectivity index (χ4n) is 1.45. The van der Waals surface area contributed by atoms with Gasteiger partial charge in [-0.1, -0.05) is 12.2 Å². The number of aromatic nitrogens is 3. The number of H-pyrrole nitrogens is 1. The minimum absolute atomic E-state index is 0.0743. The van der Waals surface area contributed by atoms with Crippen molar-refractivity contribution >= 4 is 17.5 Å². The zero-order valence-electron chi connectivity index (χ0n) is 9.30. The molecule has 6 heteroatoms. The van der Waals surface area contributed by atoms with Crippen molar-refractivity contribution in [3.05, 3.63) is 40.6 Å². The third kappa shape index (κ3) is 2.60. The highest BCUT2D eigenvalue weighted by Crippen LogP contribution is 2.05. The van der Waals surface area contributed by atoms with Gasteiger partial charge in [-0.05, 0) is 11.6 Å². The van der Waals surface area contributed by atoms with Crippen molar-refractivity contribution in [1.29, 1.82) is 0 Å². The first kappa shape index (κ1) is 11.1. The highest BCUT2D eigenvalue weighted by molar-refractivity contribution is 5.73. The first-order valence-electron chi connectivity index (χ1n) is 5.14. The van der Waals surface area contributed by atoms with E-state index >= 15 is 0 Å². The maximum atomic E-state index is 11.4. The van der Waals surface area contributed by atoms with Gasteiger partial charge in [-0.25, -0.2) is 4.52 Å². The predicted octanol–water partition coefficient (Wildman–Crippen LogP) is 0.172. The molecule has 88 valence electrons. The normalized spacial score (nSPS) is 11.1. The summed E-state index contributed by atoms with van der Waals surface area (Å²) in [5.41, 5.74) is 1.17. The Bertz CT molecular complexity index is 624. The van der Waals surface area contributed by atoms with Crippen LogP contribution in [0.1, 0.15) is 12.5 Å². The molecule has 2 aromatic rings. The third-order valence-corrected chi connectivity index (χ3v) is 2.21. The van der Waals surface area contributed by atoms with Crippen molar-refractivity contribution in [3.8, 4) is 0 Å². The molecule has 0 saturated heterocycles. The van der Waals surface area contributed by atoms with Crippen LogP contribution in [0.3, 0.4) is 0 Å². The summed E-state index contributed by atoms with van der Waals surface area (Å²) >= 11 is 0. The summed E-state index contributed by atoms with van der Waals surface area (Å²) < 4.78 is 1.51. The van der Waals surface area contributed by atoms with Crippen LogP contribution in [-0.2, 0) is 4.79 Å². The summed E-state index contributed by atoms with van der Waals surface area (Å²) in [6.45, 7) is 1.93. The van der Waals surface area contributed by atoms with Gasteiger partial charge in [-0.3, -0.25) is 9.59 Å². The molecular weight excluding hydrogens is 220 g/mol. The van der Waals surface area contributed by atoms with Gasteiger partial charge in [0.05, 0.1) is 0 Å². The van der Waals surface area contributed by atoms with Crippen LogP contribution in [0.25, 0.3) is 11.6 Å². The number of carbonyl (C=O) groups excluding carboxylic acids is 1. The van der Waals surface area contributed by atoms with Gasteiger partial charge in [0.1, 0.15) is 11.8 Å². The Balaban J connectivity index is 2.17. The second-order valence-electron chi connectivity index (χ2n) is 3.56. The molecule has 2 rings (SSSR count). The number of nitrogens with one attached hydrogen (secondary N) is 2. The largest absolute Gasteiger partial charge is 0.353 e. The Morgan fingerprint density at radius 2 is 2.47 bits per heavy atom. The first-order valence-corrected chi connectivity index (χ1v) is 5.14. The lowest BCUT2D eigenvalue weighted by atomic mass is 10.3. The topological polar surface area (TPSA) is 79.3 Å². The summed E-state index contributed by atoms with van der Waals surface area (Å²) in [7, 11) is 0. The van der Waals surface area contributed by atoms with E-state index in [1.54, 1.807) is 12.3 Å². The summed E-state index contributed by atoms with van der Waals surface area (Å²) in [5.74, 6) is -0.0743. The molecule has 1 amide bonds. The fraction of sp³-hybridized carbons (Fsp3) is 0.182. The third-order valence-electron chi connectivity index (χ3n) is 2.21. The van der Waals surface area contributed by atoms with Gasteiger partial charge in [0.2, 0.25) is 5.91 Å². The molecule has 2 heterocycles. The Morgan fingerprint density at radius 3 is 3.18 bits per heavy atom. The maximum absolute atomic E-state index is 11.4. The van der Waals surface area contributed by atoms with E-state index in [1.165, 1.54) is 17.8 Å². The first-order chi connectivity index (χ1) is 8.16. The molecule has 0 aliphatic heterocycles. The monoisotopic (exact) mass is 232 g/mol. The van der Waals surface area contributed by atoms with Crippen LogP contribution >= 0.6 is 0 Å². The standard InChI is InChI=1S/C11H12N4O2/c1-8(16)12-4-2-3-9-5-10-11(17)13-7-14-15(10)6-9/h2-3,5-7H,4H2,1H3,(H,12,16)(H,13,14,17). The van der Waals surface area contributed by atoms with Crippen molar-refractivity contribution in [2.45, 2.75) is 6.92 Å². The van der Waals surface area contributed by atoms with Crippen LogP contribution in [0.15, 0.2) is 29.5 Å². The molecule has 0 saturated carbocycles. The lowest BCUT2D eigenvalue weighted by Gasteiger charge is -1.93. The van der Waals surface area contributed by atoms with Crippen LogP contribution in [0.4, 0.5) is 0 Å². The van der Waals surface area contributed by atoms with Crippen molar-refractivity contribution in [2.75, 3.05) is 6.54 Å². The number of rotatable bonds is 3. The number of aromatic amines is 1. The van der Waals surface area contributed by atoms with Crippen molar-refractivity contribution in [2.24, 2.45) is 0 Å². The lowest BCUT2D eigenvalue weighted by molar-refractivity contribution is -0.118. The highest BCUT2D eigenvalue weighted by Gasteiger charge is 2.00. The van der Waals surface area contributed by atoms with E-state index in [9.17, 15) is 9.59 Å². The molecule has 0 fully saturated rings. The number of fused-ring (bicyclic) bond motifs is 1. The molecule has 0 atom stereocenters. The molecule has 0 unspecified atom stereocenters. The van der Waals surface area contributed by atoms with E-state index in [-0.39, 0.29) is 11.5 Å². The summed E-state index contributed by atoms with van der Waals surface area (Å²) in [6, 6.07) is 1.73. The molecule has 0 bridgehead atoms. The van der Waals surface area contributed by atoms with Crippen LogP contribution < -0.4 is 10.9 Å². The van der Waals surface area contributed by atoms with E-state index in [0.717, 1.165) is 5.56 Å². The Labute approximate surface area is 97.0 Å². The van der Waals surface area contributed by atoms with Crippen LogP contribution in [0, 0.1) is 0 Å². The van der Waals surface area contributed by atoms with Gasteiger partial charge >= 0.3 is 0 Å². The molecule has 0 aromatic carbocycles. The molecule has 2 aromatic heterocycles. The van der Waals surface area contributed by atoms with E-state index in [0.29, 0.717) is 12.1 Å². The Hall–Kier alpha value is -2.37. The minimum Gasteiger partial charge on any atom is -0.353 e. The lowest BCUT2D eigenvalue weighted by Crippen LogP contribution is -2.19. The van der Waals surface area contributed by atoms with Crippen molar-refractivity contribution < 1.29 is 4.79 Å². The summed E-state index contributed by atoms with van der Waals surface area (Å²) in [5, 5.41) is 6.62. The number of amides is 1. The summed E-state index contributed by atoms with van der Waals surface area (Å²) in [4.78, 5) is 24.6. The van der Waals surface area contributed by atoms with Gasteiger partial charge < -0.3 is 10.3 Å². The zero-order chi connectivity index (χ0) is 12.3. The van der Waals surface area contributed by atoms with Crippen LogP contribution in [0.5, 0.6) is 0 Å². The van der Waals surface area contributed by atoms with Crippen LogP contribution in [0.2, 0.25) is 0 Å². The minimum atomic E-state index is -0.179. The smallest absolute Gasteiger partial charge is 0.275 e. The molecular formula is C11H12N4O2. The molecule has 6 nitrogen and oxygen atoms in total. The fourth-order valence-corrected chi connectivity index (χ4v) is 1.45. The molecule has 0 aliphatic carbocycles. The highest BCUT2D eigenvalue weighted by atomic mass is 16.1. The summed E-state index contributed by atoms with van der Waals surface area (Å²) in [6.07, 6.45) is 6.73. The number of nitrogens with zero attached hydrogens (tertiary/aromatic N) is 2. The molecule has 0 spiro atoms. The van der Waals surface area contributed by atoms with Crippen LogP contribution in [-0.4, -0.2) is 27.0 Å². The Morgan fingerprint density at radius 1 is 1.65 bits per heavy atom. The number of carbonyl (C=O) groups is 1. The maximum Gasteiger partial charge on any atom is 0.275 e. The van der Waals surface area contributed by atoms with E-state index < -0.39 is 0 Å². The SMILES string of the molecule is CC(=O)NCC=Cc1cc2c(=O)[nH]cnn2c1. The second-order valence-corrected chi connectivity index (χ2v) is 3.56. The van der Waals surface area contributed by atoms with Gasteiger partial charge in [-0.15, -0.1) is 0 Å². The van der Waals surface area contributed by atoms with Gasteiger partial charge in [0.15, 0.2) is 0 Å². The average molecular weight is 232 g/mol. The number of hydrogen-bond acceptors (Lipinski definition) is 3. The predicted molar refractivity (Wildman–Crippen MR) is 63.5 cm³/mol. The quantitative estimate of drug-likeness (QED) is 0.791. The van der Waals surface area contributed by atoms with E-state index in [4.69, 9.17) is 0 Å².